The number of carbonyl (C=O) groups is 1. The first-order chi connectivity index (χ1) is 12.8. The molecule has 0 atom stereocenters. The third kappa shape index (κ3) is 3.66. The number of aromatic nitrogens is 3. The van der Waals surface area contributed by atoms with Gasteiger partial charge in [0.25, 0.3) is 5.91 Å². The third-order valence-electron chi connectivity index (χ3n) is 4.14. The van der Waals surface area contributed by atoms with E-state index in [0.717, 1.165) is 4.31 Å². The van der Waals surface area contributed by atoms with Crippen molar-refractivity contribution in [2.45, 2.75) is 4.90 Å². The molecule has 0 aliphatic carbocycles. The van der Waals surface area contributed by atoms with Crippen molar-refractivity contribution >= 4 is 39.4 Å². The molecule has 11 heteroatoms. The Bertz CT molecular complexity index is 1130. The third-order valence-corrected chi connectivity index (χ3v) is 5.98. The van der Waals surface area contributed by atoms with Gasteiger partial charge < -0.3 is 10.1 Å². The molecule has 0 aliphatic rings. The van der Waals surface area contributed by atoms with Gasteiger partial charge >= 0.3 is 0 Å². The summed E-state index contributed by atoms with van der Waals surface area (Å²) in [5.41, 5.74) is 2.57. The molecule has 3 aromatic rings. The largest absolute Gasteiger partial charge is 0.495 e. The van der Waals surface area contributed by atoms with Crippen LogP contribution >= 0.6 is 12.4 Å². The SMILES string of the molecule is CNC(=O)c1cc(-c2ccc(OC)c(S(=O)(=O)N(C)C)c2)c2n[nH]nc2c1.Cl. The molecule has 9 nitrogen and oxygen atoms in total. The zero-order valence-corrected chi connectivity index (χ0v) is 17.3. The van der Waals surface area contributed by atoms with Crippen LogP contribution in [0.4, 0.5) is 0 Å². The fourth-order valence-electron chi connectivity index (χ4n) is 2.69. The van der Waals surface area contributed by atoms with Gasteiger partial charge in [0.15, 0.2) is 0 Å². The molecule has 0 unspecified atom stereocenters. The Labute approximate surface area is 168 Å². The van der Waals surface area contributed by atoms with Crippen molar-refractivity contribution in [3.05, 3.63) is 35.9 Å². The van der Waals surface area contributed by atoms with Gasteiger partial charge in [0.1, 0.15) is 21.7 Å². The van der Waals surface area contributed by atoms with E-state index in [1.165, 1.54) is 34.3 Å². The quantitative estimate of drug-likeness (QED) is 0.642. The van der Waals surface area contributed by atoms with Crippen molar-refractivity contribution < 1.29 is 17.9 Å². The Morgan fingerprint density at radius 3 is 2.50 bits per heavy atom. The predicted octanol–water partition coefficient (Wildman–Crippen LogP) is 1.67. The van der Waals surface area contributed by atoms with Gasteiger partial charge in [-0.2, -0.15) is 15.4 Å². The van der Waals surface area contributed by atoms with Gasteiger partial charge in [0, 0.05) is 32.3 Å². The van der Waals surface area contributed by atoms with E-state index in [2.05, 4.69) is 20.7 Å². The molecule has 150 valence electrons. The van der Waals surface area contributed by atoms with Crippen molar-refractivity contribution in [3.8, 4) is 16.9 Å². The molecule has 0 bridgehead atoms. The first-order valence-electron chi connectivity index (χ1n) is 7.97. The van der Waals surface area contributed by atoms with E-state index in [0.29, 0.717) is 27.7 Å². The average Bonchev–Trinajstić information content (AvgIpc) is 3.14. The number of hydrogen-bond donors (Lipinski definition) is 2. The molecule has 0 saturated carbocycles. The van der Waals surface area contributed by atoms with Gasteiger partial charge in [-0.3, -0.25) is 4.79 Å². The second kappa shape index (κ2) is 8.13. The van der Waals surface area contributed by atoms with Crippen LogP contribution in [0.3, 0.4) is 0 Å². The zero-order chi connectivity index (χ0) is 19.8. The normalized spacial score (nSPS) is 11.3. The van der Waals surface area contributed by atoms with Crippen molar-refractivity contribution in [3.63, 3.8) is 0 Å². The highest BCUT2D eigenvalue weighted by Crippen LogP contribution is 2.34. The number of amides is 1. The standard InChI is InChI=1S/C17H19N5O4S.ClH/c1-18-17(23)11-7-12(16-13(8-11)19-21-20-16)10-5-6-14(26-4)15(9-10)27(24,25)22(2)3;/h5-9H,1-4H3,(H,18,23)(H,19,20,21);1H. The summed E-state index contributed by atoms with van der Waals surface area (Å²) >= 11 is 0. The molecule has 1 amide bonds. The van der Waals surface area contributed by atoms with Crippen LogP contribution in [0.15, 0.2) is 35.2 Å². The fourth-order valence-corrected chi connectivity index (χ4v) is 3.76. The molecule has 3 rings (SSSR count). The van der Waals surface area contributed by atoms with E-state index in [1.54, 1.807) is 24.3 Å². The number of aromatic amines is 1. The van der Waals surface area contributed by atoms with Crippen LogP contribution in [0.1, 0.15) is 10.4 Å². The summed E-state index contributed by atoms with van der Waals surface area (Å²) in [7, 11) is 2.10. The lowest BCUT2D eigenvalue weighted by Gasteiger charge is -2.16. The van der Waals surface area contributed by atoms with E-state index >= 15 is 0 Å². The van der Waals surface area contributed by atoms with Gasteiger partial charge in [-0.15, -0.1) is 12.4 Å². The van der Waals surface area contributed by atoms with Crippen molar-refractivity contribution in [2.75, 3.05) is 28.3 Å². The number of halogens is 1. The maximum atomic E-state index is 12.7. The minimum absolute atomic E-state index is 0. The monoisotopic (exact) mass is 425 g/mol. The Morgan fingerprint density at radius 2 is 1.89 bits per heavy atom. The van der Waals surface area contributed by atoms with E-state index in [9.17, 15) is 13.2 Å². The average molecular weight is 426 g/mol. The Hall–Kier alpha value is -2.69. The number of benzene rings is 2. The first-order valence-corrected chi connectivity index (χ1v) is 9.41. The zero-order valence-electron chi connectivity index (χ0n) is 15.7. The van der Waals surface area contributed by atoms with Gasteiger partial charge in [-0.25, -0.2) is 12.7 Å². The van der Waals surface area contributed by atoms with Crippen LogP contribution in [0.25, 0.3) is 22.2 Å². The lowest BCUT2D eigenvalue weighted by atomic mass is 10.0. The van der Waals surface area contributed by atoms with Gasteiger partial charge in [-0.05, 0) is 29.8 Å². The molecule has 2 aromatic carbocycles. The molecule has 1 aromatic heterocycles. The Morgan fingerprint density at radius 1 is 1.18 bits per heavy atom. The van der Waals surface area contributed by atoms with Gasteiger partial charge in [-0.1, -0.05) is 6.07 Å². The topological polar surface area (TPSA) is 117 Å². The van der Waals surface area contributed by atoms with Crippen LogP contribution in [0.2, 0.25) is 0 Å². The first kappa shape index (κ1) is 21.6. The number of nitrogens with one attached hydrogen (secondary N) is 2. The van der Waals surface area contributed by atoms with E-state index in [4.69, 9.17) is 4.74 Å². The minimum atomic E-state index is -3.74. The Kier molecular flexibility index (Phi) is 6.27. The number of hydrogen-bond acceptors (Lipinski definition) is 6. The predicted molar refractivity (Wildman–Crippen MR) is 107 cm³/mol. The summed E-state index contributed by atoms with van der Waals surface area (Å²) < 4.78 is 31.7. The minimum Gasteiger partial charge on any atom is -0.495 e. The molecular formula is C17H20ClN5O4S. The van der Waals surface area contributed by atoms with E-state index in [1.807, 2.05) is 0 Å². The summed E-state index contributed by atoms with van der Waals surface area (Å²) in [6, 6.07) is 8.06. The van der Waals surface area contributed by atoms with Crippen LogP contribution in [-0.4, -0.2) is 62.3 Å². The van der Waals surface area contributed by atoms with Gasteiger partial charge in [0.05, 0.1) is 7.11 Å². The summed E-state index contributed by atoms with van der Waals surface area (Å²) in [5.74, 6) is -0.0536. The van der Waals surface area contributed by atoms with E-state index in [-0.39, 0.29) is 29.0 Å². The molecule has 0 fully saturated rings. The molecule has 0 spiro atoms. The van der Waals surface area contributed by atoms with Crippen LogP contribution in [-0.2, 0) is 10.0 Å². The molecule has 1 heterocycles. The number of methoxy groups -OCH3 is 1. The summed E-state index contributed by atoms with van der Waals surface area (Å²) in [4.78, 5) is 12.1. The lowest BCUT2D eigenvalue weighted by molar-refractivity contribution is 0.0963. The highest BCUT2D eigenvalue weighted by atomic mass is 35.5. The fraction of sp³-hybridized carbons (Fsp3) is 0.235. The summed E-state index contributed by atoms with van der Waals surface area (Å²) in [6.45, 7) is 0. The number of carbonyl (C=O) groups excluding carboxylic acids is 1. The number of nitrogens with zero attached hydrogens (tertiary/aromatic N) is 3. The second-order valence-corrected chi connectivity index (χ2v) is 8.07. The highest BCUT2D eigenvalue weighted by molar-refractivity contribution is 7.89. The molecule has 0 saturated heterocycles. The molecule has 0 radical (unpaired) electrons. The van der Waals surface area contributed by atoms with Crippen molar-refractivity contribution in [1.29, 1.82) is 0 Å². The number of rotatable bonds is 5. The van der Waals surface area contributed by atoms with Crippen LogP contribution < -0.4 is 10.1 Å². The van der Waals surface area contributed by atoms with Crippen LogP contribution in [0, 0.1) is 0 Å². The Balaban J connectivity index is 0.00000280. The lowest BCUT2D eigenvalue weighted by Crippen LogP contribution is -2.22. The molecule has 28 heavy (non-hydrogen) atoms. The second-order valence-electron chi connectivity index (χ2n) is 5.95. The number of sulfonamides is 1. The molecular weight excluding hydrogens is 406 g/mol. The summed E-state index contributed by atoms with van der Waals surface area (Å²) in [5, 5.41) is 13.3. The number of ether oxygens (including phenoxy) is 1. The smallest absolute Gasteiger partial charge is 0.251 e. The summed E-state index contributed by atoms with van der Waals surface area (Å²) in [6.07, 6.45) is 0. The van der Waals surface area contributed by atoms with Crippen molar-refractivity contribution in [1.82, 2.24) is 25.0 Å². The molecule has 2 N–H and O–H groups in total. The maximum Gasteiger partial charge on any atom is 0.251 e. The van der Waals surface area contributed by atoms with Crippen molar-refractivity contribution in [2.24, 2.45) is 0 Å². The van der Waals surface area contributed by atoms with E-state index < -0.39 is 10.0 Å². The molecule has 0 aliphatic heterocycles. The van der Waals surface area contributed by atoms with Gasteiger partial charge in [0.2, 0.25) is 10.0 Å². The number of H-pyrrole nitrogens is 1. The number of fused-ring (bicyclic) bond motifs is 1. The highest BCUT2D eigenvalue weighted by Gasteiger charge is 2.24. The maximum absolute atomic E-state index is 12.7. The van der Waals surface area contributed by atoms with Crippen LogP contribution in [0.5, 0.6) is 5.75 Å².